The van der Waals surface area contributed by atoms with Crippen molar-refractivity contribution in [1.29, 1.82) is 0 Å². The van der Waals surface area contributed by atoms with E-state index in [-0.39, 0.29) is 0 Å². The van der Waals surface area contributed by atoms with E-state index >= 15 is 0 Å². The Bertz CT molecular complexity index is 2490. The molecular formula is C54H46O. The maximum Gasteiger partial charge on any atom is 0.135 e. The largest absolute Gasteiger partial charge is 0.456 e. The normalized spacial score (nSPS) is 10.5. The van der Waals surface area contributed by atoms with Crippen LogP contribution in [0.2, 0.25) is 0 Å². The van der Waals surface area contributed by atoms with Crippen molar-refractivity contribution >= 4 is 11.0 Å². The average Bonchev–Trinajstić information content (AvgIpc) is 3.70. The summed E-state index contributed by atoms with van der Waals surface area (Å²) in [6.45, 7) is 6.40. The Hall–Kier alpha value is -6.70. The van der Waals surface area contributed by atoms with Crippen LogP contribution in [0.25, 0.3) is 66.8 Å². The quantitative estimate of drug-likeness (QED) is 0.167. The first-order valence-electron chi connectivity index (χ1n) is 19.1. The monoisotopic (exact) mass is 710 g/mol. The van der Waals surface area contributed by atoms with Gasteiger partial charge in [-0.15, -0.1) is 0 Å². The highest BCUT2D eigenvalue weighted by Gasteiger charge is 2.11. The van der Waals surface area contributed by atoms with Crippen molar-refractivity contribution in [3.8, 4) is 55.8 Å². The van der Waals surface area contributed by atoms with Crippen molar-refractivity contribution in [2.24, 2.45) is 0 Å². The Kier molecular flexibility index (Phi) is 11.9. The maximum absolute atomic E-state index is 6.15. The average molecular weight is 711 g/mol. The fraction of sp³-hybridized carbons (Fsp3) is 0.0741. The van der Waals surface area contributed by atoms with Crippen molar-refractivity contribution in [3.63, 3.8) is 0 Å². The molecule has 0 amide bonds. The molecule has 0 unspecified atom stereocenters. The Morgan fingerprint density at radius 1 is 0.327 bits per heavy atom. The molecule has 0 radical (unpaired) electrons. The molecule has 9 rings (SSSR count). The SMILES string of the molecule is CCc1ccc(-c2ccccc2)cc1.Cc1ccc(-c2cc(-c3ccccc3)cc(-c3cc4ccccc4o3)c2)cc1.Cc1ccc(-c2ccccc2)cc1. The van der Waals surface area contributed by atoms with Gasteiger partial charge in [0, 0.05) is 10.9 Å². The topological polar surface area (TPSA) is 13.1 Å². The first kappa shape index (κ1) is 36.6. The minimum Gasteiger partial charge on any atom is -0.456 e. The highest BCUT2D eigenvalue weighted by molar-refractivity contribution is 5.86. The molecular weight excluding hydrogens is 665 g/mol. The van der Waals surface area contributed by atoms with Gasteiger partial charge in [0.2, 0.25) is 0 Å². The number of benzene rings is 8. The molecule has 1 heterocycles. The molecule has 0 atom stereocenters. The number of aryl methyl sites for hydroxylation is 3. The van der Waals surface area contributed by atoms with E-state index in [0.29, 0.717) is 0 Å². The Morgan fingerprint density at radius 2 is 0.691 bits per heavy atom. The lowest BCUT2D eigenvalue weighted by Crippen LogP contribution is -1.85. The molecule has 0 aliphatic heterocycles. The molecule has 1 aromatic heterocycles. The van der Waals surface area contributed by atoms with Crippen LogP contribution in [0.15, 0.2) is 217 Å². The van der Waals surface area contributed by atoms with Crippen molar-refractivity contribution in [2.45, 2.75) is 27.2 Å². The molecule has 268 valence electrons. The van der Waals surface area contributed by atoms with Crippen LogP contribution >= 0.6 is 0 Å². The number of hydrogen-bond donors (Lipinski definition) is 0. The van der Waals surface area contributed by atoms with Gasteiger partial charge in [0.1, 0.15) is 11.3 Å². The second-order valence-corrected chi connectivity index (χ2v) is 13.8. The fourth-order valence-corrected chi connectivity index (χ4v) is 6.54. The van der Waals surface area contributed by atoms with Crippen LogP contribution in [0.4, 0.5) is 0 Å². The summed E-state index contributed by atoms with van der Waals surface area (Å²) >= 11 is 0. The second-order valence-electron chi connectivity index (χ2n) is 13.8. The molecule has 55 heavy (non-hydrogen) atoms. The van der Waals surface area contributed by atoms with Crippen LogP contribution in [0.3, 0.4) is 0 Å². The summed E-state index contributed by atoms with van der Waals surface area (Å²) in [4.78, 5) is 0. The minimum atomic E-state index is 0.896. The summed E-state index contributed by atoms with van der Waals surface area (Å²) in [6, 6.07) is 74.4. The van der Waals surface area contributed by atoms with Crippen molar-refractivity contribution in [2.75, 3.05) is 0 Å². The van der Waals surface area contributed by atoms with E-state index in [1.165, 1.54) is 61.2 Å². The molecule has 0 aliphatic rings. The van der Waals surface area contributed by atoms with E-state index in [1.807, 2.05) is 36.4 Å². The smallest absolute Gasteiger partial charge is 0.135 e. The van der Waals surface area contributed by atoms with Crippen LogP contribution in [0.1, 0.15) is 23.6 Å². The van der Waals surface area contributed by atoms with Gasteiger partial charge in [-0.3, -0.25) is 0 Å². The van der Waals surface area contributed by atoms with Gasteiger partial charge in [-0.2, -0.15) is 0 Å². The first-order chi connectivity index (χ1) is 27.0. The number of para-hydroxylation sites is 1. The molecule has 0 saturated carbocycles. The predicted octanol–water partition coefficient (Wildman–Crippen LogP) is 15.3. The number of hydrogen-bond acceptors (Lipinski definition) is 1. The van der Waals surface area contributed by atoms with Crippen LogP contribution in [-0.4, -0.2) is 0 Å². The third-order valence-corrected chi connectivity index (χ3v) is 9.76. The summed E-state index contributed by atoms with van der Waals surface area (Å²) in [5.74, 6) is 0.896. The van der Waals surface area contributed by atoms with Gasteiger partial charge in [0.25, 0.3) is 0 Å². The minimum absolute atomic E-state index is 0.896. The van der Waals surface area contributed by atoms with Crippen molar-refractivity contribution < 1.29 is 4.42 Å². The van der Waals surface area contributed by atoms with Gasteiger partial charge in [-0.25, -0.2) is 0 Å². The summed E-state index contributed by atoms with van der Waals surface area (Å²) in [7, 11) is 0. The Labute approximate surface area is 326 Å². The van der Waals surface area contributed by atoms with Crippen molar-refractivity contribution in [1.82, 2.24) is 0 Å². The van der Waals surface area contributed by atoms with E-state index in [1.54, 1.807) is 0 Å². The van der Waals surface area contributed by atoms with Crippen LogP contribution < -0.4 is 0 Å². The highest BCUT2D eigenvalue weighted by Crippen LogP contribution is 2.35. The molecule has 0 aliphatic carbocycles. The van der Waals surface area contributed by atoms with Crippen LogP contribution in [0.5, 0.6) is 0 Å². The predicted molar refractivity (Wildman–Crippen MR) is 235 cm³/mol. The lowest BCUT2D eigenvalue weighted by atomic mass is 9.95. The highest BCUT2D eigenvalue weighted by atomic mass is 16.3. The third-order valence-electron chi connectivity index (χ3n) is 9.76. The molecule has 1 heteroatoms. The van der Waals surface area contributed by atoms with E-state index in [2.05, 4.69) is 197 Å². The van der Waals surface area contributed by atoms with E-state index in [9.17, 15) is 0 Å². The van der Waals surface area contributed by atoms with Gasteiger partial charge in [-0.05, 0) is 101 Å². The molecule has 0 bridgehead atoms. The lowest BCUT2D eigenvalue weighted by molar-refractivity contribution is 0.631. The zero-order valence-corrected chi connectivity index (χ0v) is 31.8. The van der Waals surface area contributed by atoms with E-state index < -0.39 is 0 Å². The summed E-state index contributed by atoms with van der Waals surface area (Å²) < 4.78 is 6.15. The molecule has 8 aromatic carbocycles. The fourth-order valence-electron chi connectivity index (χ4n) is 6.54. The summed E-state index contributed by atoms with van der Waals surface area (Å²) in [5.41, 5.74) is 15.9. The maximum atomic E-state index is 6.15. The van der Waals surface area contributed by atoms with Gasteiger partial charge in [-0.1, -0.05) is 200 Å². The lowest BCUT2D eigenvalue weighted by Gasteiger charge is -2.10. The zero-order chi connectivity index (χ0) is 37.8. The molecule has 0 spiro atoms. The Morgan fingerprint density at radius 3 is 1.15 bits per heavy atom. The molecule has 0 N–H and O–H groups in total. The molecule has 1 nitrogen and oxygen atoms in total. The summed E-state index contributed by atoms with van der Waals surface area (Å²) in [6.07, 6.45) is 1.11. The first-order valence-corrected chi connectivity index (χ1v) is 19.1. The number of fused-ring (bicyclic) bond motifs is 1. The molecule has 9 aromatic rings. The Balaban J connectivity index is 0.000000144. The standard InChI is InChI=1S/C27H20O.C14H14.C13H12/c1-19-11-13-21(14-12-19)24-15-23(20-7-3-2-4-8-20)16-25(17-24)27-18-22-9-5-6-10-26(22)28-27;1-2-12-8-10-14(11-9-12)13-6-4-3-5-7-13;1-11-7-9-13(10-8-11)12-5-3-2-4-6-12/h2-18H,1H3;3-11H,2H2,1H3;2-10H,1H3. The van der Waals surface area contributed by atoms with Gasteiger partial charge >= 0.3 is 0 Å². The van der Waals surface area contributed by atoms with E-state index in [4.69, 9.17) is 4.42 Å². The van der Waals surface area contributed by atoms with Crippen LogP contribution in [-0.2, 0) is 6.42 Å². The van der Waals surface area contributed by atoms with Gasteiger partial charge < -0.3 is 4.42 Å². The van der Waals surface area contributed by atoms with E-state index in [0.717, 1.165) is 28.7 Å². The van der Waals surface area contributed by atoms with Gasteiger partial charge in [0.15, 0.2) is 0 Å². The van der Waals surface area contributed by atoms with Crippen LogP contribution in [0, 0.1) is 13.8 Å². The summed E-state index contributed by atoms with van der Waals surface area (Å²) in [5, 5.41) is 1.12. The van der Waals surface area contributed by atoms with Gasteiger partial charge in [0.05, 0.1) is 0 Å². The number of rotatable bonds is 6. The van der Waals surface area contributed by atoms with Crippen molar-refractivity contribution in [3.05, 3.63) is 229 Å². The molecule has 0 saturated heterocycles. The zero-order valence-electron chi connectivity index (χ0n) is 31.8. The second kappa shape index (κ2) is 17.9. The third kappa shape index (κ3) is 9.65. The number of furan rings is 1. The molecule has 0 fully saturated rings.